The van der Waals surface area contributed by atoms with Crippen LogP contribution >= 0.6 is 0 Å². The summed E-state index contributed by atoms with van der Waals surface area (Å²) in [4.78, 5) is 19.6. The lowest BCUT2D eigenvalue weighted by atomic mass is 10.3. The van der Waals surface area contributed by atoms with E-state index in [0.29, 0.717) is 31.1 Å². The molecule has 1 amide bonds. The molecule has 2 aromatic carbocycles. The van der Waals surface area contributed by atoms with E-state index in [9.17, 15) is 4.79 Å². The summed E-state index contributed by atoms with van der Waals surface area (Å²) in [5.74, 6) is 2.12. The topological polar surface area (TPSA) is 76.2 Å². The zero-order chi connectivity index (χ0) is 17.5. The molecule has 0 aliphatic rings. The summed E-state index contributed by atoms with van der Waals surface area (Å²) < 4.78 is 10.8. The Kier molecular flexibility index (Phi) is 5.51. The molecule has 0 aliphatic heterocycles. The number of hydrogen-bond donors (Lipinski definition) is 2. The number of amides is 1. The van der Waals surface area contributed by atoms with Gasteiger partial charge < -0.3 is 19.8 Å². The predicted octanol–water partition coefficient (Wildman–Crippen LogP) is 2.70. The van der Waals surface area contributed by atoms with Gasteiger partial charge in [0.15, 0.2) is 11.5 Å². The summed E-state index contributed by atoms with van der Waals surface area (Å²) in [5.41, 5.74) is 1.95. The molecular formula is C19H21N3O3. The molecule has 0 fully saturated rings. The molecule has 0 saturated heterocycles. The van der Waals surface area contributed by atoms with Gasteiger partial charge in [-0.15, -0.1) is 0 Å². The second kappa shape index (κ2) is 8.19. The number of benzene rings is 2. The van der Waals surface area contributed by atoms with Gasteiger partial charge in [0.2, 0.25) is 5.91 Å². The number of para-hydroxylation sites is 4. The highest BCUT2D eigenvalue weighted by molar-refractivity contribution is 5.76. The van der Waals surface area contributed by atoms with E-state index in [1.165, 1.54) is 0 Å². The Bertz CT molecular complexity index is 812. The maximum atomic E-state index is 11.9. The van der Waals surface area contributed by atoms with E-state index in [-0.39, 0.29) is 12.3 Å². The second-order valence-corrected chi connectivity index (χ2v) is 5.55. The molecule has 6 nitrogen and oxygen atoms in total. The Hall–Kier alpha value is -3.02. The quantitative estimate of drug-likeness (QED) is 0.661. The van der Waals surface area contributed by atoms with E-state index < -0.39 is 0 Å². The van der Waals surface area contributed by atoms with Crippen molar-refractivity contribution in [1.29, 1.82) is 0 Å². The zero-order valence-electron chi connectivity index (χ0n) is 14.1. The average Bonchev–Trinajstić information content (AvgIpc) is 3.05. The Morgan fingerprint density at radius 2 is 1.88 bits per heavy atom. The molecular weight excluding hydrogens is 318 g/mol. The van der Waals surface area contributed by atoms with Crippen molar-refractivity contribution >= 4 is 16.9 Å². The predicted molar refractivity (Wildman–Crippen MR) is 95.9 cm³/mol. The van der Waals surface area contributed by atoms with Gasteiger partial charge in [-0.05, 0) is 24.3 Å². The number of methoxy groups -OCH3 is 1. The highest BCUT2D eigenvalue weighted by atomic mass is 16.5. The molecule has 0 aliphatic carbocycles. The summed E-state index contributed by atoms with van der Waals surface area (Å²) >= 11 is 0. The van der Waals surface area contributed by atoms with Crippen LogP contribution in [0.1, 0.15) is 12.2 Å². The number of carbonyl (C=O) groups is 1. The molecule has 25 heavy (non-hydrogen) atoms. The fourth-order valence-corrected chi connectivity index (χ4v) is 2.52. The van der Waals surface area contributed by atoms with Crippen LogP contribution in [0.4, 0.5) is 0 Å². The Morgan fingerprint density at radius 1 is 1.12 bits per heavy atom. The van der Waals surface area contributed by atoms with Crippen molar-refractivity contribution in [3.63, 3.8) is 0 Å². The summed E-state index contributed by atoms with van der Waals surface area (Å²) in [6, 6.07) is 15.2. The molecule has 0 radical (unpaired) electrons. The first-order chi connectivity index (χ1) is 12.3. The van der Waals surface area contributed by atoms with E-state index in [0.717, 1.165) is 16.9 Å². The summed E-state index contributed by atoms with van der Waals surface area (Å²) in [6.45, 7) is 0.837. The van der Waals surface area contributed by atoms with Gasteiger partial charge in [-0.1, -0.05) is 24.3 Å². The van der Waals surface area contributed by atoms with Crippen molar-refractivity contribution in [2.75, 3.05) is 20.3 Å². The number of nitrogens with zero attached hydrogens (tertiary/aromatic N) is 1. The number of ether oxygens (including phenoxy) is 2. The summed E-state index contributed by atoms with van der Waals surface area (Å²) in [6.07, 6.45) is 0.950. The van der Waals surface area contributed by atoms with Crippen LogP contribution in [0.25, 0.3) is 11.0 Å². The number of H-pyrrole nitrogens is 1. The first-order valence-corrected chi connectivity index (χ1v) is 8.22. The summed E-state index contributed by atoms with van der Waals surface area (Å²) in [5, 5.41) is 2.88. The van der Waals surface area contributed by atoms with E-state index >= 15 is 0 Å². The smallest absolute Gasteiger partial charge is 0.223 e. The first-order valence-electron chi connectivity index (χ1n) is 8.22. The van der Waals surface area contributed by atoms with Gasteiger partial charge in [0.1, 0.15) is 5.82 Å². The molecule has 0 spiro atoms. The number of imidazole rings is 1. The lowest BCUT2D eigenvalue weighted by Crippen LogP contribution is -2.27. The molecule has 2 N–H and O–H groups in total. The third kappa shape index (κ3) is 4.50. The van der Waals surface area contributed by atoms with Gasteiger partial charge in [-0.3, -0.25) is 4.79 Å². The van der Waals surface area contributed by atoms with E-state index in [2.05, 4.69) is 15.3 Å². The number of aromatic amines is 1. The first kappa shape index (κ1) is 16.8. The maximum Gasteiger partial charge on any atom is 0.223 e. The normalized spacial score (nSPS) is 10.6. The van der Waals surface area contributed by atoms with E-state index in [1.807, 2.05) is 48.5 Å². The van der Waals surface area contributed by atoms with Crippen LogP contribution in [0.5, 0.6) is 11.5 Å². The number of aromatic nitrogens is 2. The lowest BCUT2D eigenvalue weighted by Gasteiger charge is -2.10. The van der Waals surface area contributed by atoms with Crippen LogP contribution < -0.4 is 14.8 Å². The molecule has 3 aromatic rings. The highest BCUT2D eigenvalue weighted by Gasteiger charge is 2.06. The molecule has 3 rings (SSSR count). The van der Waals surface area contributed by atoms with Crippen molar-refractivity contribution in [1.82, 2.24) is 15.3 Å². The molecule has 130 valence electrons. The zero-order valence-corrected chi connectivity index (χ0v) is 14.1. The SMILES string of the molecule is COc1ccccc1OCCC(=O)NCCc1nc2ccccc2[nH]1. The number of hydrogen-bond acceptors (Lipinski definition) is 4. The van der Waals surface area contributed by atoms with Crippen molar-refractivity contribution in [2.45, 2.75) is 12.8 Å². The van der Waals surface area contributed by atoms with E-state index in [4.69, 9.17) is 9.47 Å². The number of rotatable bonds is 8. The third-order valence-corrected chi connectivity index (χ3v) is 3.78. The molecule has 6 heteroatoms. The number of fused-ring (bicyclic) bond motifs is 1. The van der Waals surface area contributed by atoms with Crippen molar-refractivity contribution in [3.8, 4) is 11.5 Å². The van der Waals surface area contributed by atoms with Crippen LogP contribution in [-0.2, 0) is 11.2 Å². The van der Waals surface area contributed by atoms with Gasteiger partial charge >= 0.3 is 0 Å². The van der Waals surface area contributed by atoms with E-state index in [1.54, 1.807) is 7.11 Å². The van der Waals surface area contributed by atoms with Gasteiger partial charge in [0.25, 0.3) is 0 Å². The fourth-order valence-electron chi connectivity index (χ4n) is 2.52. The van der Waals surface area contributed by atoms with Gasteiger partial charge in [0, 0.05) is 13.0 Å². The monoisotopic (exact) mass is 339 g/mol. The molecule has 0 bridgehead atoms. The largest absolute Gasteiger partial charge is 0.493 e. The standard InChI is InChI=1S/C19H21N3O3/c1-24-16-8-4-5-9-17(16)25-13-11-19(23)20-12-10-18-21-14-6-2-3-7-15(14)22-18/h2-9H,10-13H2,1H3,(H,20,23)(H,21,22). The second-order valence-electron chi connectivity index (χ2n) is 5.55. The molecule has 1 aromatic heterocycles. The maximum absolute atomic E-state index is 11.9. The number of carbonyl (C=O) groups excluding carboxylic acids is 1. The van der Waals surface area contributed by atoms with Crippen LogP contribution in [0.2, 0.25) is 0 Å². The van der Waals surface area contributed by atoms with Crippen molar-refractivity contribution in [2.24, 2.45) is 0 Å². The van der Waals surface area contributed by atoms with Crippen molar-refractivity contribution in [3.05, 3.63) is 54.4 Å². The molecule has 1 heterocycles. The average molecular weight is 339 g/mol. The summed E-state index contributed by atoms with van der Waals surface area (Å²) in [7, 11) is 1.59. The number of nitrogens with one attached hydrogen (secondary N) is 2. The van der Waals surface area contributed by atoms with Gasteiger partial charge in [0.05, 0.1) is 31.2 Å². The van der Waals surface area contributed by atoms with Crippen molar-refractivity contribution < 1.29 is 14.3 Å². The van der Waals surface area contributed by atoms with Crippen LogP contribution in [0.15, 0.2) is 48.5 Å². The molecule has 0 saturated carbocycles. The Morgan fingerprint density at radius 3 is 2.68 bits per heavy atom. The molecule has 0 unspecified atom stereocenters. The fraction of sp³-hybridized carbons (Fsp3) is 0.263. The highest BCUT2D eigenvalue weighted by Crippen LogP contribution is 2.25. The van der Waals surface area contributed by atoms with Crippen LogP contribution in [0, 0.1) is 0 Å². The molecule has 0 atom stereocenters. The Labute approximate surface area is 146 Å². The lowest BCUT2D eigenvalue weighted by molar-refractivity contribution is -0.121. The Balaban J connectivity index is 1.39. The minimum absolute atomic E-state index is 0.0500. The van der Waals surface area contributed by atoms with Crippen LogP contribution in [0.3, 0.4) is 0 Å². The van der Waals surface area contributed by atoms with Gasteiger partial charge in [-0.25, -0.2) is 4.98 Å². The van der Waals surface area contributed by atoms with Gasteiger partial charge in [-0.2, -0.15) is 0 Å². The minimum atomic E-state index is -0.0500. The van der Waals surface area contributed by atoms with Crippen LogP contribution in [-0.4, -0.2) is 36.1 Å². The third-order valence-electron chi connectivity index (χ3n) is 3.78. The minimum Gasteiger partial charge on any atom is -0.493 e.